The molecule has 0 unspecified atom stereocenters. The first-order valence-electron chi connectivity index (χ1n) is 9.94. The molecule has 9 heteroatoms. The van der Waals surface area contributed by atoms with Crippen LogP contribution in [0, 0.1) is 23.2 Å². The van der Waals surface area contributed by atoms with E-state index in [1.54, 1.807) is 0 Å². The highest BCUT2D eigenvalue weighted by molar-refractivity contribution is 7.99. The Kier molecular flexibility index (Phi) is 5.52. The first-order chi connectivity index (χ1) is 13.7. The van der Waals surface area contributed by atoms with Crippen molar-refractivity contribution >= 4 is 23.6 Å². The number of hydrogen-bond donors (Lipinski definition) is 2. The van der Waals surface area contributed by atoms with Crippen LogP contribution in [-0.4, -0.2) is 22.6 Å². The number of rotatable bonds is 5. The van der Waals surface area contributed by atoms with Gasteiger partial charge in [-0.25, -0.2) is 4.98 Å². The molecule has 0 aromatic carbocycles. The molecule has 0 radical (unpaired) electrons. The standard InChI is InChI=1S/C20H24F3N3O2S/c21-20(22,23)15-1-2-18(24-10-15)29-11-17(28)26-25-16(27)9-19-6-12-3-13(7-19)5-14(4-12)8-19/h1-2,10,12-14H,3-9,11H2,(H,25,27)(H,26,28). The fraction of sp³-hybridized carbons (Fsp3) is 0.650. The van der Waals surface area contributed by atoms with Crippen LogP contribution in [0.15, 0.2) is 23.4 Å². The summed E-state index contributed by atoms with van der Waals surface area (Å²) >= 11 is 1.01. The Morgan fingerprint density at radius 1 is 1.03 bits per heavy atom. The number of carbonyl (C=O) groups excluding carboxylic acids is 2. The van der Waals surface area contributed by atoms with E-state index in [1.807, 2.05) is 0 Å². The van der Waals surface area contributed by atoms with Crippen molar-refractivity contribution in [1.29, 1.82) is 0 Å². The van der Waals surface area contributed by atoms with Gasteiger partial charge >= 0.3 is 6.18 Å². The van der Waals surface area contributed by atoms with E-state index in [4.69, 9.17) is 0 Å². The normalized spacial score (nSPS) is 30.2. The molecule has 1 aromatic rings. The second kappa shape index (κ2) is 7.81. The highest BCUT2D eigenvalue weighted by Crippen LogP contribution is 2.61. The van der Waals surface area contributed by atoms with Gasteiger partial charge in [0.1, 0.15) is 0 Å². The summed E-state index contributed by atoms with van der Waals surface area (Å²) in [6.45, 7) is 0. The van der Waals surface area contributed by atoms with Crippen molar-refractivity contribution in [3.8, 4) is 0 Å². The van der Waals surface area contributed by atoms with Gasteiger partial charge in [0.15, 0.2) is 0 Å². The van der Waals surface area contributed by atoms with Crippen LogP contribution >= 0.6 is 11.8 Å². The number of hydrazine groups is 1. The van der Waals surface area contributed by atoms with Gasteiger partial charge in [-0.2, -0.15) is 13.2 Å². The summed E-state index contributed by atoms with van der Waals surface area (Å²) in [5.74, 6) is 1.65. The fourth-order valence-electron chi connectivity index (χ4n) is 5.84. The number of carbonyl (C=O) groups is 2. The number of halogens is 3. The average Bonchev–Trinajstić information content (AvgIpc) is 2.63. The van der Waals surface area contributed by atoms with E-state index in [2.05, 4.69) is 15.8 Å². The Labute approximate surface area is 171 Å². The molecule has 4 bridgehead atoms. The quantitative estimate of drug-likeness (QED) is 0.552. The molecule has 2 amide bonds. The van der Waals surface area contributed by atoms with Crippen LogP contribution in [0.2, 0.25) is 0 Å². The van der Waals surface area contributed by atoms with Crippen LogP contribution in [0.1, 0.15) is 50.5 Å². The third-order valence-corrected chi connectivity index (χ3v) is 7.40. The van der Waals surface area contributed by atoms with Crippen LogP contribution in [0.3, 0.4) is 0 Å². The molecule has 4 fully saturated rings. The molecule has 1 heterocycles. The molecule has 0 saturated heterocycles. The molecule has 29 heavy (non-hydrogen) atoms. The molecule has 1 aromatic heterocycles. The number of alkyl halides is 3. The van der Waals surface area contributed by atoms with Crippen molar-refractivity contribution in [2.45, 2.75) is 56.1 Å². The number of hydrogen-bond acceptors (Lipinski definition) is 4. The molecule has 5 rings (SSSR count). The lowest BCUT2D eigenvalue weighted by molar-refractivity contribution is -0.138. The maximum Gasteiger partial charge on any atom is 0.417 e. The van der Waals surface area contributed by atoms with Gasteiger partial charge < -0.3 is 0 Å². The van der Waals surface area contributed by atoms with Gasteiger partial charge in [0.2, 0.25) is 11.8 Å². The van der Waals surface area contributed by atoms with Crippen molar-refractivity contribution in [2.75, 3.05) is 5.75 Å². The maximum absolute atomic E-state index is 12.5. The predicted octanol–water partition coefficient (Wildman–Crippen LogP) is 3.95. The van der Waals surface area contributed by atoms with Crippen LogP contribution in [0.5, 0.6) is 0 Å². The second-order valence-electron chi connectivity index (χ2n) is 8.86. The van der Waals surface area contributed by atoms with Gasteiger partial charge in [0, 0.05) is 12.6 Å². The molecule has 0 atom stereocenters. The van der Waals surface area contributed by atoms with Gasteiger partial charge in [-0.1, -0.05) is 11.8 Å². The molecule has 4 saturated carbocycles. The van der Waals surface area contributed by atoms with E-state index in [1.165, 1.54) is 25.3 Å². The van der Waals surface area contributed by atoms with E-state index in [9.17, 15) is 22.8 Å². The van der Waals surface area contributed by atoms with Crippen LogP contribution < -0.4 is 10.9 Å². The lowest BCUT2D eigenvalue weighted by Crippen LogP contribution is -2.50. The molecule has 4 aliphatic carbocycles. The van der Waals surface area contributed by atoms with Gasteiger partial charge in [-0.05, 0) is 73.8 Å². The van der Waals surface area contributed by atoms with Crippen LogP contribution in [0.4, 0.5) is 13.2 Å². The minimum Gasteiger partial charge on any atom is -0.273 e. The lowest BCUT2D eigenvalue weighted by atomic mass is 9.49. The Morgan fingerprint density at radius 3 is 2.14 bits per heavy atom. The molecule has 5 nitrogen and oxygen atoms in total. The Balaban J connectivity index is 1.20. The summed E-state index contributed by atoms with van der Waals surface area (Å²) in [4.78, 5) is 28.1. The number of amides is 2. The fourth-order valence-corrected chi connectivity index (χ4v) is 6.48. The third kappa shape index (κ3) is 4.87. The van der Waals surface area contributed by atoms with Gasteiger partial charge in [-0.15, -0.1) is 0 Å². The average molecular weight is 427 g/mol. The van der Waals surface area contributed by atoms with Gasteiger partial charge in [0.05, 0.1) is 16.3 Å². The van der Waals surface area contributed by atoms with E-state index in [0.717, 1.165) is 61.0 Å². The van der Waals surface area contributed by atoms with Crippen molar-refractivity contribution in [3.63, 3.8) is 0 Å². The number of thioether (sulfide) groups is 1. The van der Waals surface area contributed by atoms with Gasteiger partial charge in [-0.3, -0.25) is 20.4 Å². The van der Waals surface area contributed by atoms with Crippen molar-refractivity contribution < 1.29 is 22.8 Å². The SMILES string of the molecule is O=C(CSc1ccc(C(F)(F)F)cn1)NNC(=O)CC12CC3CC(CC(C3)C1)C2. The number of nitrogens with zero attached hydrogens (tertiary/aromatic N) is 1. The zero-order valence-corrected chi connectivity index (χ0v) is 16.7. The largest absolute Gasteiger partial charge is 0.417 e. The molecule has 0 aliphatic heterocycles. The van der Waals surface area contributed by atoms with E-state index in [0.29, 0.717) is 11.4 Å². The van der Waals surface area contributed by atoms with Gasteiger partial charge in [0.25, 0.3) is 0 Å². The topological polar surface area (TPSA) is 71.1 Å². The predicted molar refractivity (Wildman–Crippen MR) is 101 cm³/mol. The number of aromatic nitrogens is 1. The Morgan fingerprint density at radius 2 is 1.62 bits per heavy atom. The minimum atomic E-state index is -4.44. The summed E-state index contributed by atoms with van der Waals surface area (Å²) in [7, 11) is 0. The summed E-state index contributed by atoms with van der Waals surface area (Å²) in [5, 5.41) is 0.313. The summed E-state index contributed by atoms with van der Waals surface area (Å²) in [5.41, 5.74) is 4.17. The first kappa shape index (κ1) is 20.5. The van der Waals surface area contributed by atoms with E-state index >= 15 is 0 Å². The van der Waals surface area contributed by atoms with Crippen molar-refractivity contribution in [2.24, 2.45) is 23.2 Å². The van der Waals surface area contributed by atoms with Crippen LogP contribution in [-0.2, 0) is 15.8 Å². The molecule has 0 spiro atoms. The van der Waals surface area contributed by atoms with E-state index in [-0.39, 0.29) is 17.1 Å². The highest BCUT2D eigenvalue weighted by atomic mass is 32.2. The third-order valence-electron chi connectivity index (χ3n) is 6.46. The second-order valence-corrected chi connectivity index (χ2v) is 9.86. The molecular formula is C20H24F3N3O2S. The van der Waals surface area contributed by atoms with Crippen LogP contribution in [0.25, 0.3) is 0 Å². The Hall–Kier alpha value is -1.77. The molecule has 2 N–H and O–H groups in total. The minimum absolute atomic E-state index is 0.0456. The number of nitrogens with one attached hydrogen (secondary N) is 2. The maximum atomic E-state index is 12.5. The van der Waals surface area contributed by atoms with E-state index < -0.39 is 17.6 Å². The zero-order chi connectivity index (χ0) is 20.6. The molecule has 4 aliphatic rings. The number of pyridine rings is 1. The highest BCUT2D eigenvalue weighted by Gasteiger charge is 2.51. The summed E-state index contributed by atoms with van der Waals surface area (Å²) in [6, 6.07) is 2.16. The van der Waals surface area contributed by atoms with Crippen molar-refractivity contribution in [3.05, 3.63) is 23.9 Å². The first-order valence-corrected chi connectivity index (χ1v) is 10.9. The molecular weight excluding hydrogens is 403 g/mol. The van der Waals surface area contributed by atoms with Crippen molar-refractivity contribution in [1.82, 2.24) is 15.8 Å². The smallest absolute Gasteiger partial charge is 0.273 e. The monoisotopic (exact) mass is 427 g/mol. The lowest BCUT2D eigenvalue weighted by Gasteiger charge is -2.56. The Bertz CT molecular complexity index is 747. The summed E-state index contributed by atoms with van der Waals surface area (Å²) in [6.07, 6.45) is 4.06. The molecule has 158 valence electrons. The zero-order valence-electron chi connectivity index (χ0n) is 15.9. The summed E-state index contributed by atoms with van der Waals surface area (Å²) < 4.78 is 37.6.